The second-order valence-electron chi connectivity index (χ2n) is 7.19. The van der Waals surface area contributed by atoms with Gasteiger partial charge >= 0.3 is 6.18 Å². The Morgan fingerprint density at radius 1 is 1.26 bits per heavy atom. The molecule has 1 saturated heterocycles. The third kappa shape index (κ3) is 5.66. The average molecular weight is 461 g/mol. The van der Waals surface area contributed by atoms with Gasteiger partial charge in [-0.05, 0) is 30.9 Å². The number of thiol groups is 1. The normalized spacial score (nSPS) is 18.1. The van der Waals surface area contributed by atoms with Crippen LogP contribution in [0.4, 0.5) is 33.5 Å². The predicted octanol–water partition coefficient (Wildman–Crippen LogP) is 5.91. The van der Waals surface area contributed by atoms with Crippen LogP contribution in [0.3, 0.4) is 0 Å². The summed E-state index contributed by atoms with van der Waals surface area (Å²) in [4.78, 5) is 9.52. The van der Waals surface area contributed by atoms with Crippen LogP contribution in [0.1, 0.15) is 30.0 Å². The SMILES string of the molecule is C=C(Nc1ccncc1)c1c(N2CCC(F)(F)C(C)C2)ncc(C(F)(F)F)c1C.CS. The second-order valence-corrected chi connectivity index (χ2v) is 7.19. The summed E-state index contributed by atoms with van der Waals surface area (Å²) in [5.74, 6) is -3.55. The van der Waals surface area contributed by atoms with E-state index in [0.29, 0.717) is 5.69 Å². The minimum atomic E-state index is -4.59. The van der Waals surface area contributed by atoms with Gasteiger partial charge in [-0.25, -0.2) is 13.8 Å². The molecule has 1 atom stereocenters. The Labute approximate surface area is 184 Å². The number of hydrogen-bond donors (Lipinski definition) is 2. The Morgan fingerprint density at radius 3 is 2.42 bits per heavy atom. The van der Waals surface area contributed by atoms with Crippen LogP contribution in [0.5, 0.6) is 0 Å². The van der Waals surface area contributed by atoms with Crippen molar-refractivity contribution in [3.8, 4) is 0 Å². The molecule has 2 aromatic rings. The Hall–Kier alpha value is -2.36. The Kier molecular flexibility index (Phi) is 7.91. The standard InChI is InChI=1S/C20H21F5N4.CH4S/c1-12-11-29(9-6-19(12,21)22)18-17(13(2)16(10-27-18)20(23,24)25)14(3)28-15-4-7-26-8-5-15;1-2/h4-5,7-8,10,12H,3,6,9,11H2,1-2H3,(H,26,28);2H,1H3. The summed E-state index contributed by atoms with van der Waals surface area (Å²) in [7, 11) is 0. The van der Waals surface area contributed by atoms with E-state index in [2.05, 4.69) is 34.5 Å². The average Bonchev–Trinajstić information content (AvgIpc) is 2.71. The molecule has 0 spiro atoms. The molecule has 31 heavy (non-hydrogen) atoms. The molecule has 0 aromatic carbocycles. The quantitative estimate of drug-likeness (QED) is 0.439. The van der Waals surface area contributed by atoms with Crippen molar-refractivity contribution in [3.05, 3.63) is 54.0 Å². The molecule has 1 unspecified atom stereocenters. The largest absolute Gasteiger partial charge is 0.418 e. The molecule has 0 bridgehead atoms. The van der Waals surface area contributed by atoms with Gasteiger partial charge in [-0.1, -0.05) is 13.5 Å². The van der Waals surface area contributed by atoms with Crippen LogP contribution in [-0.2, 0) is 6.18 Å². The number of piperidine rings is 1. The topological polar surface area (TPSA) is 41.1 Å². The van der Waals surface area contributed by atoms with E-state index in [1.54, 1.807) is 23.3 Å². The van der Waals surface area contributed by atoms with Crippen molar-refractivity contribution < 1.29 is 22.0 Å². The monoisotopic (exact) mass is 460 g/mol. The van der Waals surface area contributed by atoms with Gasteiger partial charge in [-0.3, -0.25) is 4.98 Å². The zero-order valence-electron chi connectivity index (χ0n) is 17.5. The molecule has 3 heterocycles. The molecular formula is C21H25F5N4S. The number of anilines is 2. The van der Waals surface area contributed by atoms with Gasteiger partial charge in [-0.15, -0.1) is 0 Å². The first kappa shape index (κ1) is 24.9. The lowest BCUT2D eigenvalue weighted by Crippen LogP contribution is -2.46. The van der Waals surface area contributed by atoms with E-state index >= 15 is 0 Å². The van der Waals surface area contributed by atoms with Gasteiger partial charge < -0.3 is 10.2 Å². The van der Waals surface area contributed by atoms with Gasteiger partial charge in [0.1, 0.15) is 5.82 Å². The van der Waals surface area contributed by atoms with Crippen molar-refractivity contribution in [1.29, 1.82) is 0 Å². The van der Waals surface area contributed by atoms with Gasteiger partial charge in [0.25, 0.3) is 5.92 Å². The number of rotatable bonds is 4. The number of nitrogens with zero attached hydrogens (tertiary/aromatic N) is 3. The fourth-order valence-corrected chi connectivity index (χ4v) is 3.43. The molecule has 0 amide bonds. The van der Waals surface area contributed by atoms with E-state index in [1.807, 2.05) is 0 Å². The first-order valence-corrected chi connectivity index (χ1v) is 10.4. The molecule has 3 rings (SSSR count). The predicted molar refractivity (Wildman–Crippen MR) is 117 cm³/mol. The number of pyridine rings is 2. The zero-order valence-corrected chi connectivity index (χ0v) is 18.4. The van der Waals surface area contributed by atoms with Crippen molar-refractivity contribution in [1.82, 2.24) is 9.97 Å². The van der Waals surface area contributed by atoms with Crippen LogP contribution in [0.15, 0.2) is 37.3 Å². The Morgan fingerprint density at radius 2 is 1.87 bits per heavy atom. The lowest BCUT2D eigenvalue weighted by molar-refractivity contribution is -0.138. The van der Waals surface area contributed by atoms with Crippen LogP contribution in [0.2, 0.25) is 0 Å². The molecule has 1 aliphatic heterocycles. The minimum Gasteiger partial charge on any atom is -0.355 e. The van der Waals surface area contributed by atoms with Gasteiger partial charge in [0.05, 0.1) is 5.56 Å². The van der Waals surface area contributed by atoms with Crippen LogP contribution in [-0.4, -0.2) is 35.2 Å². The highest BCUT2D eigenvalue weighted by Crippen LogP contribution is 2.40. The van der Waals surface area contributed by atoms with E-state index in [9.17, 15) is 22.0 Å². The summed E-state index contributed by atoms with van der Waals surface area (Å²) in [6, 6.07) is 3.29. The fourth-order valence-electron chi connectivity index (χ4n) is 3.43. The van der Waals surface area contributed by atoms with E-state index in [-0.39, 0.29) is 42.2 Å². The molecule has 4 nitrogen and oxygen atoms in total. The minimum absolute atomic E-state index is 0.00924. The van der Waals surface area contributed by atoms with Crippen molar-refractivity contribution >= 4 is 29.8 Å². The molecule has 170 valence electrons. The molecule has 0 aliphatic carbocycles. The van der Waals surface area contributed by atoms with Crippen molar-refractivity contribution in [2.24, 2.45) is 5.92 Å². The highest BCUT2D eigenvalue weighted by Gasteiger charge is 2.42. The maximum absolute atomic E-state index is 13.9. The van der Waals surface area contributed by atoms with Gasteiger partial charge in [0.15, 0.2) is 0 Å². The third-order valence-electron chi connectivity index (χ3n) is 5.13. The lowest BCUT2D eigenvalue weighted by atomic mass is 9.94. The summed E-state index contributed by atoms with van der Waals surface area (Å²) in [6.45, 7) is 6.63. The molecule has 2 aromatic heterocycles. The van der Waals surface area contributed by atoms with Crippen LogP contribution < -0.4 is 10.2 Å². The van der Waals surface area contributed by atoms with E-state index in [0.717, 1.165) is 6.20 Å². The number of halogens is 5. The summed E-state index contributed by atoms with van der Waals surface area (Å²) in [5.41, 5.74) is 0.0102. The molecule has 1 N–H and O–H groups in total. The fraction of sp³-hybridized carbons (Fsp3) is 0.429. The smallest absolute Gasteiger partial charge is 0.355 e. The molecule has 1 aliphatic rings. The summed E-state index contributed by atoms with van der Waals surface area (Å²) in [5, 5.41) is 2.97. The number of aromatic nitrogens is 2. The Balaban J connectivity index is 0.00000166. The summed E-state index contributed by atoms with van der Waals surface area (Å²) < 4.78 is 68.1. The molecule has 0 saturated carbocycles. The van der Waals surface area contributed by atoms with Gasteiger partial charge in [0, 0.05) is 61.0 Å². The number of alkyl halides is 5. The van der Waals surface area contributed by atoms with Gasteiger partial charge in [-0.2, -0.15) is 25.8 Å². The van der Waals surface area contributed by atoms with Crippen molar-refractivity contribution in [3.63, 3.8) is 0 Å². The van der Waals surface area contributed by atoms with E-state index in [4.69, 9.17) is 0 Å². The van der Waals surface area contributed by atoms with E-state index in [1.165, 1.54) is 26.2 Å². The molecular weight excluding hydrogens is 435 g/mol. The highest BCUT2D eigenvalue weighted by molar-refractivity contribution is 7.79. The molecule has 0 radical (unpaired) electrons. The number of hydrogen-bond acceptors (Lipinski definition) is 5. The van der Waals surface area contributed by atoms with Crippen molar-refractivity contribution in [2.45, 2.75) is 32.4 Å². The maximum atomic E-state index is 13.9. The highest BCUT2D eigenvalue weighted by atomic mass is 32.1. The van der Waals surface area contributed by atoms with Crippen LogP contribution >= 0.6 is 12.6 Å². The summed E-state index contributed by atoms with van der Waals surface area (Å²) >= 11 is 3.53. The lowest BCUT2D eigenvalue weighted by Gasteiger charge is -2.38. The maximum Gasteiger partial charge on any atom is 0.418 e. The zero-order chi connectivity index (χ0) is 23.4. The second kappa shape index (κ2) is 9.84. The first-order valence-electron chi connectivity index (χ1n) is 9.51. The summed E-state index contributed by atoms with van der Waals surface area (Å²) in [6.07, 6.45) is 0.527. The van der Waals surface area contributed by atoms with Crippen LogP contribution in [0, 0.1) is 12.8 Å². The van der Waals surface area contributed by atoms with Crippen LogP contribution in [0.25, 0.3) is 5.70 Å². The van der Waals surface area contributed by atoms with Crippen molar-refractivity contribution in [2.75, 3.05) is 29.6 Å². The molecule has 1 fully saturated rings. The molecule has 10 heteroatoms. The van der Waals surface area contributed by atoms with Gasteiger partial charge in [0.2, 0.25) is 0 Å². The Bertz CT molecular complexity index is 903. The third-order valence-corrected chi connectivity index (χ3v) is 5.13. The number of nitrogens with one attached hydrogen (secondary N) is 1. The van der Waals surface area contributed by atoms with E-state index < -0.39 is 23.6 Å². The first-order chi connectivity index (χ1) is 14.5.